The SMILES string of the molecule is CCCCCCCCCCCC.CCOC(C)=O. The summed E-state index contributed by atoms with van der Waals surface area (Å²) in [5, 5.41) is 0. The van der Waals surface area contributed by atoms with E-state index in [1.165, 1.54) is 71.1 Å². The van der Waals surface area contributed by atoms with Gasteiger partial charge in [0.05, 0.1) is 6.61 Å². The first kappa shape index (κ1) is 19.8. The van der Waals surface area contributed by atoms with Gasteiger partial charge in [-0.15, -0.1) is 0 Å². The van der Waals surface area contributed by atoms with Crippen molar-refractivity contribution in [2.24, 2.45) is 0 Å². The number of hydrogen-bond donors (Lipinski definition) is 0. The van der Waals surface area contributed by atoms with Crippen LogP contribution >= 0.6 is 0 Å². The van der Waals surface area contributed by atoms with Gasteiger partial charge >= 0.3 is 5.97 Å². The number of rotatable bonds is 10. The fraction of sp³-hybridized carbons (Fsp3) is 0.938. The van der Waals surface area contributed by atoms with Gasteiger partial charge in [0.25, 0.3) is 0 Å². The number of ether oxygens (including phenoxy) is 1. The van der Waals surface area contributed by atoms with E-state index in [0.29, 0.717) is 6.61 Å². The molecule has 0 saturated heterocycles. The second kappa shape index (κ2) is 18.8. The smallest absolute Gasteiger partial charge is 0.302 e. The third-order valence-electron chi connectivity index (χ3n) is 2.80. The van der Waals surface area contributed by atoms with Crippen LogP contribution in [-0.2, 0) is 9.53 Å². The van der Waals surface area contributed by atoms with Gasteiger partial charge in [0, 0.05) is 6.92 Å². The number of esters is 1. The zero-order valence-corrected chi connectivity index (χ0v) is 13.1. The predicted molar refractivity (Wildman–Crippen MR) is 79.8 cm³/mol. The van der Waals surface area contributed by atoms with E-state index < -0.39 is 0 Å². The van der Waals surface area contributed by atoms with Crippen molar-refractivity contribution in [2.75, 3.05) is 6.61 Å². The molecule has 0 aliphatic heterocycles. The summed E-state index contributed by atoms with van der Waals surface area (Å²) in [6.07, 6.45) is 14.4. The molecule has 0 aromatic heterocycles. The third kappa shape index (κ3) is 24.6. The van der Waals surface area contributed by atoms with Crippen LogP contribution in [0.3, 0.4) is 0 Å². The Morgan fingerprint density at radius 2 is 1.06 bits per heavy atom. The zero-order valence-electron chi connectivity index (χ0n) is 13.1. The van der Waals surface area contributed by atoms with Crippen LogP contribution in [0.15, 0.2) is 0 Å². The highest BCUT2D eigenvalue weighted by Gasteiger charge is 1.90. The van der Waals surface area contributed by atoms with Crippen LogP contribution in [0.2, 0.25) is 0 Å². The fourth-order valence-electron chi connectivity index (χ4n) is 1.76. The average molecular weight is 258 g/mol. The fourth-order valence-corrected chi connectivity index (χ4v) is 1.76. The molecule has 0 rings (SSSR count). The van der Waals surface area contributed by atoms with Crippen molar-refractivity contribution in [1.82, 2.24) is 0 Å². The largest absolute Gasteiger partial charge is 0.466 e. The lowest BCUT2D eigenvalue weighted by Gasteiger charge is -1.99. The van der Waals surface area contributed by atoms with E-state index in [9.17, 15) is 4.79 Å². The minimum Gasteiger partial charge on any atom is -0.466 e. The van der Waals surface area contributed by atoms with Crippen LogP contribution in [0, 0.1) is 0 Å². The van der Waals surface area contributed by atoms with Crippen LogP contribution in [0.4, 0.5) is 0 Å². The summed E-state index contributed by atoms with van der Waals surface area (Å²) < 4.78 is 4.40. The van der Waals surface area contributed by atoms with Crippen LogP contribution in [0.5, 0.6) is 0 Å². The first-order valence-electron chi connectivity index (χ1n) is 7.82. The Kier molecular flexibility index (Phi) is 20.7. The lowest BCUT2D eigenvalue weighted by molar-refractivity contribution is -0.140. The van der Waals surface area contributed by atoms with E-state index in [1.54, 1.807) is 6.92 Å². The summed E-state index contributed by atoms with van der Waals surface area (Å²) in [6, 6.07) is 0. The molecule has 0 unspecified atom stereocenters. The lowest BCUT2D eigenvalue weighted by Crippen LogP contribution is -1.95. The van der Waals surface area contributed by atoms with E-state index in [0.717, 1.165) is 0 Å². The molecule has 0 aromatic rings. The molecule has 18 heavy (non-hydrogen) atoms. The summed E-state index contributed by atoms with van der Waals surface area (Å²) in [5.41, 5.74) is 0. The van der Waals surface area contributed by atoms with Crippen LogP contribution in [-0.4, -0.2) is 12.6 Å². The van der Waals surface area contributed by atoms with Crippen molar-refractivity contribution >= 4 is 5.97 Å². The van der Waals surface area contributed by atoms with Gasteiger partial charge in [0.1, 0.15) is 0 Å². The van der Waals surface area contributed by atoms with Crippen molar-refractivity contribution in [3.05, 3.63) is 0 Å². The minimum absolute atomic E-state index is 0.211. The summed E-state index contributed by atoms with van der Waals surface area (Å²) >= 11 is 0. The van der Waals surface area contributed by atoms with Crippen LogP contribution in [0.25, 0.3) is 0 Å². The molecular weight excluding hydrogens is 224 g/mol. The van der Waals surface area contributed by atoms with E-state index in [1.807, 2.05) is 0 Å². The maximum atomic E-state index is 9.82. The zero-order chi connectivity index (χ0) is 14.1. The molecule has 110 valence electrons. The first-order valence-corrected chi connectivity index (χ1v) is 7.82. The molecule has 0 heterocycles. The van der Waals surface area contributed by atoms with Crippen molar-refractivity contribution in [2.45, 2.75) is 91.9 Å². The highest BCUT2D eigenvalue weighted by molar-refractivity contribution is 5.65. The number of hydrogen-bond acceptors (Lipinski definition) is 2. The summed E-state index contributed by atoms with van der Waals surface area (Å²) in [6.45, 7) is 8.21. The van der Waals surface area contributed by atoms with Gasteiger partial charge < -0.3 is 4.74 Å². The third-order valence-corrected chi connectivity index (χ3v) is 2.80. The summed E-state index contributed by atoms with van der Waals surface area (Å²) in [5.74, 6) is -0.211. The van der Waals surface area contributed by atoms with Crippen molar-refractivity contribution in [1.29, 1.82) is 0 Å². The van der Waals surface area contributed by atoms with Gasteiger partial charge in [-0.1, -0.05) is 78.1 Å². The Labute approximate surface area is 114 Å². The van der Waals surface area contributed by atoms with Gasteiger partial charge in [-0.2, -0.15) is 0 Å². The molecule has 0 radical (unpaired) electrons. The lowest BCUT2D eigenvalue weighted by atomic mass is 10.1. The molecule has 0 aromatic carbocycles. The minimum atomic E-state index is -0.211. The molecule has 0 bridgehead atoms. The van der Waals surface area contributed by atoms with Gasteiger partial charge in [-0.05, 0) is 6.92 Å². The highest BCUT2D eigenvalue weighted by atomic mass is 16.5. The van der Waals surface area contributed by atoms with E-state index in [4.69, 9.17) is 0 Å². The van der Waals surface area contributed by atoms with Crippen molar-refractivity contribution in [3.63, 3.8) is 0 Å². The topological polar surface area (TPSA) is 26.3 Å². The van der Waals surface area contributed by atoms with Gasteiger partial charge in [0.2, 0.25) is 0 Å². The molecule has 0 saturated carbocycles. The Morgan fingerprint density at radius 3 is 1.22 bits per heavy atom. The Morgan fingerprint density at radius 1 is 0.722 bits per heavy atom. The molecular formula is C16H34O2. The molecule has 0 aliphatic rings. The Hall–Kier alpha value is -0.530. The summed E-state index contributed by atoms with van der Waals surface area (Å²) in [7, 11) is 0. The predicted octanol–water partition coefficient (Wildman–Crippen LogP) is 5.50. The van der Waals surface area contributed by atoms with Crippen molar-refractivity contribution < 1.29 is 9.53 Å². The van der Waals surface area contributed by atoms with Crippen molar-refractivity contribution in [3.8, 4) is 0 Å². The van der Waals surface area contributed by atoms with E-state index in [2.05, 4.69) is 18.6 Å². The van der Waals surface area contributed by atoms with Gasteiger partial charge in [-0.3, -0.25) is 4.79 Å². The van der Waals surface area contributed by atoms with Gasteiger partial charge in [-0.25, -0.2) is 0 Å². The molecule has 2 nitrogen and oxygen atoms in total. The normalized spacial score (nSPS) is 9.56. The number of carbonyl (C=O) groups is 1. The summed E-state index contributed by atoms with van der Waals surface area (Å²) in [4.78, 5) is 9.82. The molecule has 0 atom stereocenters. The maximum Gasteiger partial charge on any atom is 0.302 e. The molecule has 0 amide bonds. The molecule has 0 spiro atoms. The van der Waals surface area contributed by atoms with Crippen LogP contribution < -0.4 is 0 Å². The Bertz CT molecular complexity index is 145. The van der Waals surface area contributed by atoms with Gasteiger partial charge in [0.15, 0.2) is 0 Å². The molecule has 0 aliphatic carbocycles. The second-order valence-corrected chi connectivity index (χ2v) is 4.75. The van der Waals surface area contributed by atoms with E-state index in [-0.39, 0.29) is 5.97 Å². The molecule has 0 fully saturated rings. The first-order chi connectivity index (χ1) is 8.68. The molecule has 0 N–H and O–H groups in total. The monoisotopic (exact) mass is 258 g/mol. The highest BCUT2D eigenvalue weighted by Crippen LogP contribution is 2.09. The standard InChI is InChI=1S/C12H26.C4H8O2/c1-3-5-7-9-11-12-10-8-6-4-2;1-3-6-4(2)5/h3-12H2,1-2H3;3H2,1-2H3. The molecule has 2 heteroatoms. The van der Waals surface area contributed by atoms with E-state index >= 15 is 0 Å². The van der Waals surface area contributed by atoms with Crippen LogP contribution in [0.1, 0.15) is 91.9 Å². The second-order valence-electron chi connectivity index (χ2n) is 4.75. The average Bonchev–Trinajstić information content (AvgIpc) is 2.33. The quantitative estimate of drug-likeness (QED) is 0.382. The number of unbranched alkanes of at least 4 members (excludes halogenated alkanes) is 9. The maximum absolute atomic E-state index is 9.82. The Balaban J connectivity index is 0. The number of carbonyl (C=O) groups excluding carboxylic acids is 1.